The first-order chi connectivity index (χ1) is 16.1. The second kappa shape index (κ2) is 7.45. The second-order valence-corrected chi connectivity index (χ2v) is 9.51. The zero-order valence-electron chi connectivity index (χ0n) is 19.9. The quantitative estimate of drug-likeness (QED) is 0.547. The van der Waals surface area contributed by atoms with Gasteiger partial charge in [-0.25, -0.2) is 4.98 Å². The third-order valence-electron chi connectivity index (χ3n) is 6.51. The average Bonchev–Trinajstić information content (AvgIpc) is 3.22. The minimum atomic E-state index is -0.682. The van der Waals surface area contributed by atoms with Gasteiger partial charge < -0.3 is 15.4 Å². The number of carbonyl (C=O) groups is 1. The molecular formula is C26H26N6O2. The van der Waals surface area contributed by atoms with Crippen molar-refractivity contribution in [2.24, 2.45) is 12.5 Å². The van der Waals surface area contributed by atoms with Gasteiger partial charge in [-0.15, -0.1) is 0 Å². The monoisotopic (exact) mass is 454 g/mol. The first kappa shape index (κ1) is 21.7. The molecule has 8 nitrogen and oxygen atoms in total. The summed E-state index contributed by atoms with van der Waals surface area (Å²) in [6, 6.07) is 10.2. The number of hydrogen-bond donors (Lipinski definition) is 1. The first-order valence-corrected chi connectivity index (χ1v) is 11.1. The Labute approximate surface area is 198 Å². The highest BCUT2D eigenvalue weighted by molar-refractivity contribution is 5.98. The van der Waals surface area contributed by atoms with Gasteiger partial charge in [-0.2, -0.15) is 10.4 Å². The Morgan fingerprint density at radius 3 is 2.79 bits per heavy atom. The molecule has 1 aromatic carbocycles. The molecule has 0 spiro atoms. The van der Waals surface area contributed by atoms with E-state index in [1.807, 2.05) is 45.9 Å². The van der Waals surface area contributed by atoms with Crippen LogP contribution < -0.4 is 10.5 Å². The number of carbonyl (C=O) groups excluding carboxylic acids is 1. The number of nitrogen functional groups attached to an aromatic ring is 1. The van der Waals surface area contributed by atoms with Gasteiger partial charge in [0.2, 0.25) is 5.91 Å². The number of aryl methyl sites for hydroxylation is 2. The molecule has 2 aromatic heterocycles. The normalized spacial score (nSPS) is 18.5. The predicted molar refractivity (Wildman–Crippen MR) is 128 cm³/mol. The Kier molecular flexibility index (Phi) is 4.76. The Morgan fingerprint density at radius 1 is 1.29 bits per heavy atom. The van der Waals surface area contributed by atoms with Crippen LogP contribution in [0.5, 0.6) is 5.75 Å². The SMILES string of the molecule is Cc1ccc2c(c1)[C@@H](C)Oc1cc(cnc1N)-c1c(nn(C)c1C#N)CN1C(=O)C(C)(C)C=C21. The van der Waals surface area contributed by atoms with Crippen LogP contribution in [-0.4, -0.2) is 25.6 Å². The number of nitrogens with two attached hydrogens (primary N) is 1. The summed E-state index contributed by atoms with van der Waals surface area (Å²) in [6.07, 6.45) is 3.26. The lowest BCUT2D eigenvalue weighted by atomic mass is 9.92. The fourth-order valence-corrected chi connectivity index (χ4v) is 4.78. The molecule has 0 aliphatic carbocycles. The molecule has 0 radical (unpaired) electrons. The Balaban J connectivity index is 1.82. The molecule has 1 amide bonds. The molecule has 2 bridgehead atoms. The van der Waals surface area contributed by atoms with Crippen LogP contribution in [0.15, 0.2) is 36.5 Å². The fraction of sp³-hybridized carbons (Fsp3) is 0.308. The van der Waals surface area contributed by atoms with E-state index in [1.54, 1.807) is 24.2 Å². The number of nitrogens with zero attached hydrogens (tertiary/aromatic N) is 5. The molecule has 172 valence electrons. The summed E-state index contributed by atoms with van der Waals surface area (Å²) in [6.45, 7) is 8.03. The molecule has 1 atom stereocenters. The maximum atomic E-state index is 13.5. The highest BCUT2D eigenvalue weighted by atomic mass is 16.5. The van der Waals surface area contributed by atoms with E-state index in [4.69, 9.17) is 10.5 Å². The molecule has 2 aliphatic rings. The van der Waals surface area contributed by atoms with Gasteiger partial charge in [0.1, 0.15) is 17.9 Å². The Morgan fingerprint density at radius 2 is 2.06 bits per heavy atom. The van der Waals surface area contributed by atoms with E-state index in [0.29, 0.717) is 28.3 Å². The van der Waals surface area contributed by atoms with E-state index >= 15 is 0 Å². The standard InChI is InChI=1S/C26H26N6O2/c1-14-6-7-17-18(8-14)15(2)34-22-9-16(12-29-24(22)28)23-19(30-31(5)21(23)11-27)13-32-20(17)10-26(3,4)25(32)33/h6-10,12,15H,13H2,1-5H3,(H2,28,29)/t15-/m1/s1. The zero-order chi connectivity index (χ0) is 24.4. The molecule has 2 aliphatic heterocycles. The lowest BCUT2D eigenvalue weighted by Crippen LogP contribution is -2.32. The third-order valence-corrected chi connectivity index (χ3v) is 6.51. The van der Waals surface area contributed by atoms with Crippen molar-refractivity contribution in [1.29, 1.82) is 5.26 Å². The summed E-state index contributed by atoms with van der Waals surface area (Å²) in [5, 5.41) is 14.5. The number of fused-ring (bicyclic) bond motifs is 7. The van der Waals surface area contributed by atoms with Crippen molar-refractivity contribution in [2.75, 3.05) is 5.73 Å². The van der Waals surface area contributed by atoms with Gasteiger partial charge in [0.15, 0.2) is 11.6 Å². The van der Waals surface area contributed by atoms with Crippen molar-refractivity contribution in [1.82, 2.24) is 19.7 Å². The summed E-state index contributed by atoms with van der Waals surface area (Å²) in [4.78, 5) is 19.6. The van der Waals surface area contributed by atoms with Gasteiger partial charge in [0, 0.05) is 41.2 Å². The van der Waals surface area contributed by atoms with Crippen molar-refractivity contribution in [3.63, 3.8) is 0 Å². The van der Waals surface area contributed by atoms with Crippen LogP contribution in [0.25, 0.3) is 16.8 Å². The highest BCUT2D eigenvalue weighted by Gasteiger charge is 2.41. The van der Waals surface area contributed by atoms with E-state index < -0.39 is 5.41 Å². The molecule has 8 heteroatoms. The van der Waals surface area contributed by atoms with E-state index in [2.05, 4.69) is 22.2 Å². The number of hydrogen-bond acceptors (Lipinski definition) is 6. The van der Waals surface area contributed by atoms with Gasteiger partial charge in [-0.05, 0) is 39.8 Å². The third kappa shape index (κ3) is 3.24. The summed E-state index contributed by atoms with van der Waals surface area (Å²) >= 11 is 0. The number of rotatable bonds is 0. The van der Waals surface area contributed by atoms with Gasteiger partial charge in [-0.3, -0.25) is 9.48 Å². The van der Waals surface area contributed by atoms with Gasteiger partial charge in [-0.1, -0.05) is 23.8 Å². The van der Waals surface area contributed by atoms with Crippen molar-refractivity contribution >= 4 is 17.4 Å². The van der Waals surface area contributed by atoms with Crippen molar-refractivity contribution in [3.05, 3.63) is 64.6 Å². The molecule has 3 aromatic rings. The minimum absolute atomic E-state index is 0.0223. The van der Waals surface area contributed by atoms with Crippen molar-refractivity contribution in [3.8, 4) is 22.9 Å². The van der Waals surface area contributed by atoms with Crippen LogP contribution >= 0.6 is 0 Å². The van der Waals surface area contributed by atoms with Crippen LogP contribution in [-0.2, 0) is 18.4 Å². The fourth-order valence-electron chi connectivity index (χ4n) is 4.78. The Hall–Kier alpha value is -4.12. The van der Waals surface area contributed by atoms with E-state index in [1.165, 1.54) is 4.68 Å². The van der Waals surface area contributed by atoms with Gasteiger partial charge in [0.25, 0.3) is 0 Å². The molecule has 5 rings (SSSR count). The smallest absolute Gasteiger partial charge is 0.236 e. The van der Waals surface area contributed by atoms with Crippen LogP contribution in [0.3, 0.4) is 0 Å². The summed E-state index contributed by atoms with van der Waals surface area (Å²) in [5.74, 6) is 0.681. The van der Waals surface area contributed by atoms with Crippen LogP contribution in [0.2, 0.25) is 0 Å². The summed E-state index contributed by atoms with van der Waals surface area (Å²) in [5.41, 5.74) is 11.5. The molecule has 34 heavy (non-hydrogen) atoms. The first-order valence-electron chi connectivity index (χ1n) is 11.1. The lowest BCUT2D eigenvalue weighted by molar-refractivity contribution is -0.133. The van der Waals surface area contributed by atoms with Gasteiger partial charge >= 0.3 is 0 Å². The molecule has 4 heterocycles. The van der Waals surface area contributed by atoms with Crippen LogP contribution in [0.1, 0.15) is 55.0 Å². The van der Waals surface area contributed by atoms with Crippen molar-refractivity contribution < 1.29 is 9.53 Å². The van der Waals surface area contributed by atoms with Crippen LogP contribution in [0.4, 0.5) is 5.82 Å². The molecule has 2 N–H and O–H groups in total. The maximum absolute atomic E-state index is 13.5. The van der Waals surface area contributed by atoms with Crippen molar-refractivity contribution in [2.45, 2.75) is 40.3 Å². The maximum Gasteiger partial charge on any atom is 0.236 e. The molecular weight excluding hydrogens is 428 g/mol. The zero-order valence-corrected chi connectivity index (χ0v) is 19.9. The highest BCUT2D eigenvalue weighted by Crippen LogP contribution is 2.43. The molecule has 0 saturated carbocycles. The number of anilines is 1. The minimum Gasteiger partial charge on any atom is -0.482 e. The van der Waals surface area contributed by atoms with E-state index in [9.17, 15) is 10.1 Å². The summed E-state index contributed by atoms with van der Waals surface area (Å²) < 4.78 is 7.87. The summed E-state index contributed by atoms with van der Waals surface area (Å²) in [7, 11) is 1.72. The number of amides is 1. The number of aromatic nitrogens is 3. The number of nitriles is 1. The topological polar surface area (TPSA) is 110 Å². The molecule has 0 fully saturated rings. The number of pyridine rings is 1. The van der Waals surface area contributed by atoms with E-state index in [0.717, 1.165) is 22.4 Å². The van der Waals surface area contributed by atoms with E-state index in [-0.39, 0.29) is 24.4 Å². The number of ether oxygens (including phenoxy) is 1. The molecule has 0 saturated heterocycles. The van der Waals surface area contributed by atoms with Crippen LogP contribution in [0, 0.1) is 23.7 Å². The number of benzene rings is 1. The van der Waals surface area contributed by atoms with Gasteiger partial charge in [0.05, 0.1) is 17.7 Å². The lowest BCUT2D eigenvalue weighted by Gasteiger charge is -2.27. The predicted octanol–water partition coefficient (Wildman–Crippen LogP) is 4.11. The Bertz CT molecular complexity index is 1430. The molecule has 0 unspecified atom stereocenters. The second-order valence-electron chi connectivity index (χ2n) is 9.51. The average molecular weight is 455 g/mol. The largest absolute Gasteiger partial charge is 0.482 e.